The third-order valence-corrected chi connectivity index (χ3v) is 2.46. The molecule has 0 amide bonds. The third kappa shape index (κ3) is 5.59. The van der Waals surface area contributed by atoms with Crippen molar-refractivity contribution >= 4 is 5.78 Å². The molecule has 0 bridgehead atoms. The largest absolute Gasteiger partial charge is 0.381 e. The SMILES string of the molecule is CC(C)CCOCCC(=O)c1cccc(F)c1. The van der Waals surface area contributed by atoms with Gasteiger partial charge in [0.25, 0.3) is 0 Å². The predicted molar refractivity (Wildman–Crippen MR) is 65.6 cm³/mol. The molecule has 17 heavy (non-hydrogen) atoms. The Labute approximate surface area is 102 Å². The summed E-state index contributed by atoms with van der Waals surface area (Å²) in [6.45, 7) is 5.33. The van der Waals surface area contributed by atoms with Crippen molar-refractivity contribution in [1.29, 1.82) is 0 Å². The molecule has 0 heterocycles. The van der Waals surface area contributed by atoms with Crippen LogP contribution in [0.4, 0.5) is 4.39 Å². The lowest BCUT2D eigenvalue weighted by atomic mass is 10.1. The fraction of sp³-hybridized carbons (Fsp3) is 0.500. The van der Waals surface area contributed by atoms with Crippen LogP contribution in [0.2, 0.25) is 0 Å². The zero-order chi connectivity index (χ0) is 12.7. The van der Waals surface area contributed by atoms with Gasteiger partial charge < -0.3 is 4.74 Å². The van der Waals surface area contributed by atoms with Gasteiger partial charge in [-0.15, -0.1) is 0 Å². The Morgan fingerprint density at radius 2 is 2.12 bits per heavy atom. The molecular weight excluding hydrogens is 219 g/mol. The summed E-state index contributed by atoms with van der Waals surface area (Å²) in [6, 6.07) is 5.76. The first-order chi connectivity index (χ1) is 8.09. The normalized spacial score (nSPS) is 10.8. The maximum Gasteiger partial charge on any atom is 0.165 e. The van der Waals surface area contributed by atoms with Crippen molar-refractivity contribution in [2.24, 2.45) is 5.92 Å². The molecule has 0 saturated carbocycles. The second-order valence-corrected chi connectivity index (χ2v) is 4.48. The van der Waals surface area contributed by atoms with Gasteiger partial charge in [-0.25, -0.2) is 4.39 Å². The number of Topliss-reactive ketones (excluding diaryl/α,β-unsaturated/α-hetero) is 1. The Kier molecular flexibility index (Phi) is 5.84. The summed E-state index contributed by atoms with van der Waals surface area (Å²) in [6.07, 6.45) is 1.30. The number of hydrogen-bond acceptors (Lipinski definition) is 2. The maximum atomic E-state index is 12.9. The van der Waals surface area contributed by atoms with E-state index in [1.54, 1.807) is 12.1 Å². The van der Waals surface area contributed by atoms with Crippen LogP contribution < -0.4 is 0 Å². The van der Waals surface area contributed by atoms with Gasteiger partial charge >= 0.3 is 0 Å². The van der Waals surface area contributed by atoms with Gasteiger partial charge in [0.05, 0.1) is 6.61 Å². The number of hydrogen-bond donors (Lipinski definition) is 0. The molecule has 0 N–H and O–H groups in total. The smallest absolute Gasteiger partial charge is 0.165 e. The topological polar surface area (TPSA) is 26.3 Å². The summed E-state index contributed by atoms with van der Waals surface area (Å²) in [5.41, 5.74) is 0.414. The van der Waals surface area contributed by atoms with E-state index in [-0.39, 0.29) is 11.6 Å². The van der Waals surface area contributed by atoms with Crippen LogP contribution in [0.1, 0.15) is 37.0 Å². The lowest BCUT2D eigenvalue weighted by Crippen LogP contribution is -2.07. The van der Waals surface area contributed by atoms with Crippen LogP contribution in [0.15, 0.2) is 24.3 Å². The fourth-order valence-electron chi connectivity index (χ4n) is 1.39. The zero-order valence-corrected chi connectivity index (χ0v) is 10.4. The number of ketones is 1. The highest BCUT2D eigenvalue weighted by atomic mass is 19.1. The first kappa shape index (κ1) is 13.8. The molecule has 1 aromatic carbocycles. The van der Waals surface area contributed by atoms with E-state index in [0.29, 0.717) is 31.1 Å². The number of rotatable bonds is 7. The molecule has 0 atom stereocenters. The van der Waals surface area contributed by atoms with E-state index in [1.807, 2.05) is 0 Å². The van der Waals surface area contributed by atoms with Crippen molar-refractivity contribution in [3.8, 4) is 0 Å². The number of benzene rings is 1. The van der Waals surface area contributed by atoms with Gasteiger partial charge in [0.2, 0.25) is 0 Å². The number of halogens is 1. The Balaban J connectivity index is 2.26. The highest BCUT2D eigenvalue weighted by Crippen LogP contribution is 2.07. The van der Waals surface area contributed by atoms with Crippen LogP contribution in [-0.4, -0.2) is 19.0 Å². The van der Waals surface area contributed by atoms with Crippen molar-refractivity contribution in [3.05, 3.63) is 35.6 Å². The van der Waals surface area contributed by atoms with E-state index < -0.39 is 0 Å². The van der Waals surface area contributed by atoms with Crippen molar-refractivity contribution < 1.29 is 13.9 Å². The van der Waals surface area contributed by atoms with Crippen LogP contribution in [0.25, 0.3) is 0 Å². The van der Waals surface area contributed by atoms with Crippen LogP contribution in [0.5, 0.6) is 0 Å². The molecule has 94 valence electrons. The molecular formula is C14H19FO2. The number of carbonyl (C=O) groups excluding carboxylic acids is 1. The molecule has 0 spiro atoms. The second-order valence-electron chi connectivity index (χ2n) is 4.48. The van der Waals surface area contributed by atoms with E-state index in [2.05, 4.69) is 13.8 Å². The lowest BCUT2D eigenvalue weighted by molar-refractivity contribution is 0.0860. The minimum absolute atomic E-state index is 0.0750. The Hall–Kier alpha value is -1.22. The third-order valence-electron chi connectivity index (χ3n) is 2.46. The average Bonchev–Trinajstić information content (AvgIpc) is 2.28. The first-order valence-electron chi connectivity index (χ1n) is 5.96. The summed E-state index contributed by atoms with van der Waals surface area (Å²) in [7, 11) is 0. The van der Waals surface area contributed by atoms with Crippen LogP contribution >= 0.6 is 0 Å². The average molecular weight is 238 g/mol. The fourth-order valence-corrected chi connectivity index (χ4v) is 1.39. The van der Waals surface area contributed by atoms with Gasteiger partial charge in [0.15, 0.2) is 5.78 Å². The number of carbonyl (C=O) groups is 1. The molecule has 0 fully saturated rings. The summed E-state index contributed by atoms with van der Waals surface area (Å²) >= 11 is 0. The molecule has 0 aliphatic rings. The second kappa shape index (κ2) is 7.17. The first-order valence-corrected chi connectivity index (χ1v) is 5.96. The van der Waals surface area contributed by atoms with Crippen molar-refractivity contribution in [1.82, 2.24) is 0 Å². The molecule has 0 aliphatic heterocycles. The molecule has 1 aromatic rings. The summed E-state index contributed by atoms with van der Waals surface area (Å²) in [5.74, 6) is 0.152. The molecule has 0 unspecified atom stereocenters. The minimum atomic E-state index is -0.378. The quantitative estimate of drug-likeness (QED) is 0.537. The minimum Gasteiger partial charge on any atom is -0.381 e. The van der Waals surface area contributed by atoms with Gasteiger partial charge in [0.1, 0.15) is 5.82 Å². The lowest BCUT2D eigenvalue weighted by Gasteiger charge is -2.06. The van der Waals surface area contributed by atoms with Gasteiger partial charge in [-0.05, 0) is 24.5 Å². The maximum absolute atomic E-state index is 12.9. The van der Waals surface area contributed by atoms with Crippen LogP contribution in [0, 0.1) is 11.7 Å². The van der Waals surface area contributed by atoms with E-state index in [1.165, 1.54) is 12.1 Å². The van der Waals surface area contributed by atoms with E-state index in [9.17, 15) is 9.18 Å². The monoisotopic (exact) mass is 238 g/mol. The Morgan fingerprint density at radius 1 is 1.35 bits per heavy atom. The van der Waals surface area contributed by atoms with E-state index in [4.69, 9.17) is 4.74 Å². The predicted octanol–water partition coefficient (Wildman–Crippen LogP) is 3.46. The highest BCUT2D eigenvalue weighted by molar-refractivity contribution is 5.96. The number of ether oxygens (including phenoxy) is 1. The summed E-state index contributed by atoms with van der Waals surface area (Å²) in [4.78, 5) is 11.6. The molecule has 3 heteroatoms. The molecule has 0 aliphatic carbocycles. The van der Waals surface area contributed by atoms with E-state index in [0.717, 1.165) is 6.42 Å². The summed E-state index contributed by atoms with van der Waals surface area (Å²) < 4.78 is 18.2. The van der Waals surface area contributed by atoms with E-state index >= 15 is 0 Å². The van der Waals surface area contributed by atoms with Gasteiger partial charge in [-0.3, -0.25) is 4.79 Å². The standard InChI is InChI=1S/C14H19FO2/c1-11(2)6-8-17-9-7-14(16)12-4-3-5-13(15)10-12/h3-5,10-11H,6-9H2,1-2H3. The van der Waals surface area contributed by atoms with Crippen molar-refractivity contribution in [3.63, 3.8) is 0 Å². The molecule has 1 rings (SSSR count). The van der Waals surface area contributed by atoms with Crippen LogP contribution in [0.3, 0.4) is 0 Å². The Morgan fingerprint density at radius 3 is 2.76 bits per heavy atom. The Bertz CT molecular complexity index is 361. The van der Waals surface area contributed by atoms with Crippen molar-refractivity contribution in [2.45, 2.75) is 26.7 Å². The van der Waals surface area contributed by atoms with Gasteiger partial charge in [0, 0.05) is 18.6 Å². The molecule has 0 radical (unpaired) electrons. The van der Waals surface area contributed by atoms with Gasteiger partial charge in [-0.2, -0.15) is 0 Å². The van der Waals surface area contributed by atoms with Crippen LogP contribution in [-0.2, 0) is 4.74 Å². The summed E-state index contributed by atoms with van der Waals surface area (Å²) in [5, 5.41) is 0. The molecule has 0 aromatic heterocycles. The molecule has 0 saturated heterocycles. The highest BCUT2D eigenvalue weighted by Gasteiger charge is 2.06. The zero-order valence-electron chi connectivity index (χ0n) is 10.4. The molecule has 2 nitrogen and oxygen atoms in total. The van der Waals surface area contributed by atoms with Crippen molar-refractivity contribution in [2.75, 3.05) is 13.2 Å². The van der Waals surface area contributed by atoms with Gasteiger partial charge in [-0.1, -0.05) is 26.0 Å².